The smallest absolute Gasteiger partial charge is 0.133 e. The highest BCUT2D eigenvalue weighted by atomic mass is 32.2. The molecule has 0 aliphatic rings. The molecule has 0 aromatic heterocycles. The maximum Gasteiger partial charge on any atom is 0.133 e. The average molecular weight is 281 g/mol. The monoisotopic (exact) mass is 281 g/mol. The Balaban J connectivity index is 2.25. The van der Waals surface area contributed by atoms with Crippen molar-refractivity contribution in [2.24, 2.45) is 5.92 Å². The van der Waals surface area contributed by atoms with E-state index in [-0.39, 0.29) is 6.10 Å². The van der Waals surface area contributed by atoms with Gasteiger partial charge in [0.25, 0.3) is 0 Å². The lowest BCUT2D eigenvalue weighted by Crippen LogP contribution is -2.22. The topological polar surface area (TPSA) is 21.3 Å². The molecule has 1 aromatic rings. The van der Waals surface area contributed by atoms with Crippen molar-refractivity contribution in [2.75, 3.05) is 19.3 Å². The molecule has 19 heavy (non-hydrogen) atoms. The third kappa shape index (κ3) is 6.88. The van der Waals surface area contributed by atoms with E-state index < -0.39 is 0 Å². The number of hydrogen-bond acceptors (Lipinski definition) is 3. The molecule has 1 aromatic carbocycles. The first-order valence-corrected chi connectivity index (χ1v) is 8.36. The summed E-state index contributed by atoms with van der Waals surface area (Å²) in [4.78, 5) is 1.22. The molecule has 0 radical (unpaired) electrons. The zero-order valence-electron chi connectivity index (χ0n) is 12.6. The van der Waals surface area contributed by atoms with Gasteiger partial charge in [-0.2, -0.15) is 0 Å². The van der Waals surface area contributed by atoms with Gasteiger partial charge in [0.15, 0.2) is 0 Å². The zero-order chi connectivity index (χ0) is 14.1. The molecule has 3 heteroatoms. The molecule has 1 N–H and O–H groups in total. The van der Waals surface area contributed by atoms with Gasteiger partial charge in [0.05, 0.1) is 6.10 Å². The first-order chi connectivity index (χ1) is 9.13. The molecular weight excluding hydrogens is 254 g/mol. The number of ether oxygens (including phenoxy) is 1. The van der Waals surface area contributed by atoms with Crippen molar-refractivity contribution in [3.63, 3.8) is 0 Å². The van der Waals surface area contributed by atoms with Crippen molar-refractivity contribution in [1.82, 2.24) is 5.32 Å². The number of nitrogens with one attached hydrogen (secondary N) is 1. The Morgan fingerprint density at radius 3 is 2.63 bits per heavy atom. The van der Waals surface area contributed by atoms with Gasteiger partial charge < -0.3 is 10.1 Å². The van der Waals surface area contributed by atoms with Crippen molar-refractivity contribution in [3.8, 4) is 5.75 Å². The van der Waals surface area contributed by atoms with E-state index in [1.807, 2.05) is 6.07 Å². The summed E-state index contributed by atoms with van der Waals surface area (Å²) < 4.78 is 6.02. The summed E-state index contributed by atoms with van der Waals surface area (Å²) in [6.45, 7) is 8.80. The summed E-state index contributed by atoms with van der Waals surface area (Å²) >= 11 is 1.74. The maximum absolute atomic E-state index is 6.02. The standard InChI is InChI=1S/C16H27NOS/c1-13(2)12-17-11-7-8-14(3)18-15-9-5-6-10-16(15)19-4/h5-6,9-10,13-14,17H,7-8,11-12H2,1-4H3. The van der Waals surface area contributed by atoms with Crippen molar-refractivity contribution < 1.29 is 4.74 Å². The Morgan fingerprint density at radius 1 is 1.21 bits per heavy atom. The van der Waals surface area contributed by atoms with Crippen LogP contribution in [0.4, 0.5) is 0 Å². The van der Waals surface area contributed by atoms with Crippen LogP contribution in [0.15, 0.2) is 29.2 Å². The molecule has 2 nitrogen and oxygen atoms in total. The number of hydrogen-bond donors (Lipinski definition) is 1. The highest BCUT2D eigenvalue weighted by Crippen LogP contribution is 2.28. The van der Waals surface area contributed by atoms with E-state index >= 15 is 0 Å². The van der Waals surface area contributed by atoms with E-state index in [1.54, 1.807) is 11.8 Å². The van der Waals surface area contributed by atoms with Crippen LogP contribution in [0.2, 0.25) is 0 Å². The Morgan fingerprint density at radius 2 is 1.95 bits per heavy atom. The molecule has 0 heterocycles. The second-order valence-electron chi connectivity index (χ2n) is 5.32. The second kappa shape index (κ2) is 9.27. The molecule has 108 valence electrons. The molecule has 0 spiro atoms. The lowest BCUT2D eigenvalue weighted by molar-refractivity contribution is 0.202. The van der Waals surface area contributed by atoms with E-state index in [4.69, 9.17) is 4.74 Å². The molecule has 1 unspecified atom stereocenters. The number of para-hydroxylation sites is 1. The Bertz CT molecular complexity index is 354. The number of thioether (sulfide) groups is 1. The van der Waals surface area contributed by atoms with Crippen molar-refractivity contribution in [2.45, 2.75) is 44.6 Å². The van der Waals surface area contributed by atoms with E-state index in [2.05, 4.69) is 50.5 Å². The van der Waals surface area contributed by atoms with Gasteiger partial charge in [-0.15, -0.1) is 11.8 Å². The normalized spacial score (nSPS) is 12.7. The zero-order valence-corrected chi connectivity index (χ0v) is 13.4. The summed E-state index contributed by atoms with van der Waals surface area (Å²) in [6.07, 6.45) is 4.61. The lowest BCUT2D eigenvalue weighted by atomic mass is 10.2. The van der Waals surface area contributed by atoms with Crippen LogP contribution in [-0.4, -0.2) is 25.4 Å². The molecule has 0 saturated carbocycles. The van der Waals surface area contributed by atoms with Crippen LogP contribution >= 0.6 is 11.8 Å². The fourth-order valence-electron chi connectivity index (χ4n) is 1.90. The average Bonchev–Trinajstić information content (AvgIpc) is 2.38. The van der Waals surface area contributed by atoms with Gasteiger partial charge in [0.2, 0.25) is 0 Å². The van der Waals surface area contributed by atoms with Crippen LogP contribution in [0, 0.1) is 5.92 Å². The van der Waals surface area contributed by atoms with E-state index in [9.17, 15) is 0 Å². The Kier molecular flexibility index (Phi) is 7.99. The minimum absolute atomic E-state index is 0.272. The highest BCUT2D eigenvalue weighted by Gasteiger charge is 2.07. The Labute approximate surface area is 122 Å². The molecule has 0 saturated heterocycles. The summed E-state index contributed by atoms with van der Waals surface area (Å²) in [5.41, 5.74) is 0. The molecule has 0 bridgehead atoms. The van der Waals surface area contributed by atoms with Crippen LogP contribution in [0.3, 0.4) is 0 Å². The van der Waals surface area contributed by atoms with E-state index in [0.29, 0.717) is 0 Å². The minimum Gasteiger partial charge on any atom is -0.490 e. The molecule has 0 fully saturated rings. The molecular formula is C16H27NOS. The van der Waals surface area contributed by atoms with Gasteiger partial charge >= 0.3 is 0 Å². The predicted octanol–water partition coefficient (Wildman–Crippen LogP) is 4.20. The van der Waals surface area contributed by atoms with Crippen molar-refractivity contribution in [1.29, 1.82) is 0 Å². The van der Waals surface area contributed by atoms with Gasteiger partial charge in [-0.3, -0.25) is 0 Å². The third-order valence-electron chi connectivity index (χ3n) is 2.91. The van der Waals surface area contributed by atoms with Crippen LogP contribution in [0.1, 0.15) is 33.6 Å². The summed E-state index contributed by atoms with van der Waals surface area (Å²) in [5, 5.41) is 3.47. The largest absolute Gasteiger partial charge is 0.490 e. The van der Waals surface area contributed by atoms with Crippen molar-refractivity contribution in [3.05, 3.63) is 24.3 Å². The Hall–Kier alpha value is -0.670. The fourth-order valence-corrected chi connectivity index (χ4v) is 2.43. The van der Waals surface area contributed by atoms with Crippen LogP contribution in [0.5, 0.6) is 5.75 Å². The molecule has 0 amide bonds. The first-order valence-electron chi connectivity index (χ1n) is 7.14. The first kappa shape index (κ1) is 16.4. The van der Waals surface area contributed by atoms with Gasteiger partial charge in [0.1, 0.15) is 5.75 Å². The number of benzene rings is 1. The van der Waals surface area contributed by atoms with Gasteiger partial charge in [-0.05, 0) is 57.2 Å². The molecule has 1 rings (SSSR count). The second-order valence-corrected chi connectivity index (χ2v) is 6.17. The summed E-state index contributed by atoms with van der Waals surface area (Å²) in [5.74, 6) is 1.74. The predicted molar refractivity (Wildman–Crippen MR) is 85.3 cm³/mol. The van der Waals surface area contributed by atoms with Gasteiger partial charge in [0, 0.05) is 4.90 Å². The SMILES string of the molecule is CSc1ccccc1OC(C)CCCNCC(C)C. The quantitative estimate of drug-likeness (QED) is 0.541. The minimum atomic E-state index is 0.272. The summed E-state index contributed by atoms with van der Waals surface area (Å²) in [6, 6.07) is 8.25. The van der Waals surface area contributed by atoms with Crippen molar-refractivity contribution >= 4 is 11.8 Å². The highest BCUT2D eigenvalue weighted by molar-refractivity contribution is 7.98. The number of rotatable bonds is 9. The van der Waals surface area contributed by atoms with Crippen LogP contribution in [-0.2, 0) is 0 Å². The van der Waals surface area contributed by atoms with Crippen LogP contribution < -0.4 is 10.1 Å². The summed E-state index contributed by atoms with van der Waals surface area (Å²) in [7, 11) is 0. The maximum atomic E-state index is 6.02. The van der Waals surface area contributed by atoms with Crippen LogP contribution in [0.25, 0.3) is 0 Å². The fraction of sp³-hybridized carbons (Fsp3) is 0.625. The van der Waals surface area contributed by atoms with Gasteiger partial charge in [-0.1, -0.05) is 26.0 Å². The van der Waals surface area contributed by atoms with E-state index in [0.717, 1.165) is 37.6 Å². The third-order valence-corrected chi connectivity index (χ3v) is 3.69. The molecule has 0 aliphatic heterocycles. The van der Waals surface area contributed by atoms with E-state index in [1.165, 1.54) is 4.90 Å². The van der Waals surface area contributed by atoms with Gasteiger partial charge in [-0.25, -0.2) is 0 Å². The lowest BCUT2D eigenvalue weighted by Gasteiger charge is -2.17. The molecule has 0 aliphatic carbocycles. The molecule has 1 atom stereocenters.